The molecule has 0 N–H and O–H groups in total. The van der Waals surface area contributed by atoms with Crippen molar-refractivity contribution in [1.82, 2.24) is 0 Å². The number of carbonyl (C=O) groups excluding carboxylic acids is 1. The fraction of sp³-hybridized carbons (Fsp3) is 0.474. The maximum absolute atomic E-state index is 12.3. The van der Waals surface area contributed by atoms with E-state index in [4.69, 9.17) is 14.2 Å². The second-order valence-corrected chi connectivity index (χ2v) is 6.41. The molecule has 0 saturated carbocycles. The molecule has 0 bridgehead atoms. The molecule has 5 nitrogen and oxygen atoms in total. The lowest BCUT2D eigenvalue weighted by Gasteiger charge is -2.19. The molecule has 5 heteroatoms. The Labute approximate surface area is 142 Å². The molecular weight excluding hydrogens is 306 g/mol. The van der Waals surface area contributed by atoms with Gasteiger partial charge in [0.05, 0.1) is 20.8 Å². The van der Waals surface area contributed by atoms with Gasteiger partial charge >= 0.3 is 5.97 Å². The number of carbonyl (C=O) groups is 1. The highest BCUT2D eigenvalue weighted by Gasteiger charge is 2.37. The zero-order chi connectivity index (χ0) is 17.9. The van der Waals surface area contributed by atoms with Crippen molar-refractivity contribution in [1.29, 1.82) is 5.26 Å². The topological polar surface area (TPSA) is 68.6 Å². The van der Waals surface area contributed by atoms with Crippen LogP contribution in [0.4, 0.5) is 0 Å². The van der Waals surface area contributed by atoms with Gasteiger partial charge in [-0.05, 0) is 47.1 Å². The van der Waals surface area contributed by atoms with Gasteiger partial charge in [0, 0.05) is 0 Å². The van der Waals surface area contributed by atoms with Gasteiger partial charge in [-0.2, -0.15) is 5.26 Å². The Hall–Kier alpha value is -2.48. The fourth-order valence-corrected chi connectivity index (χ4v) is 3.05. The van der Waals surface area contributed by atoms with Gasteiger partial charge in [-0.15, -0.1) is 0 Å². The normalized spacial score (nSPS) is 16.8. The van der Waals surface area contributed by atoms with Crippen LogP contribution in [0.1, 0.15) is 44.7 Å². The maximum Gasteiger partial charge on any atom is 0.349 e. The Bertz CT molecular complexity index is 726. The van der Waals surface area contributed by atoms with Crippen LogP contribution in [0, 0.1) is 11.3 Å². The van der Waals surface area contributed by atoms with Crippen molar-refractivity contribution in [2.24, 2.45) is 0 Å². The van der Waals surface area contributed by atoms with Crippen LogP contribution >= 0.6 is 0 Å². The van der Waals surface area contributed by atoms with Gasteiger partial charge in [0.2, 0.25) is 0 Å². The molecule has 0 unspecified atom stereocenters. The number of nitriles is 1. The average molecular weight is 329 g/mol. The molecule has 1 aromatic carbocycles. The fourth-order valence-electron chi connectivity index (χ4n) is 3.05. The number of hydrogen-bond donors (Lipinski definition) is 0. The van der Waals surface area contributed by atoms with Crippen LogP contribution in [-0.4, -0.2) is 26.8 Å². The highest BCUT2D eigenvalue weighted by molar-refractivity contribution is 6.03. The molecule has 0 amide bonds. The summed E-state index contributed by atoms with van der Waals surface area (Å²) in [6, 6.07) is 5.79. The molecule has 1 aliphatic carbocycles. The van der Waals surface area contributed by atoms with Crippen LogP contribution in [0.15, 0.2) is 17.7 Å². The third-order valence-corrected chi connectivity index (χ3v) is 4.25. The van der Waals surface area contributed by atoms with Crippen LogP contribution in [0.3, 0.4) is 0 Å². The van der Waals surface area contributed by atoms with Crippen LogP contribution in [0.2, 0.25) is 0 Å². The van der Waals surface area contributed by atoms with E-state index < -0.39 is 5.97 Å². The number of rotatable bonds is 5. The summed E-state index contributed by atoms with van der Waals surface area (Å²) in [5.74, 6) is 0.649. The molecular formula is C19H23NO4. The molecule has 0 saturated heterocycles. The zero-order valence-corrected chi connectivity index (χ0v) is 14.9. The molecule has 1 aliphatic rings. The first-order chi connectivity index (χ1) is 11.4. The van der Waals surface area contributed by atoms with Gasteiger partial charge in [0.25, 0.3) is 0 Å². The minimum Gasteiger partial charge on any atom is -0.493 e. The maximum atomic E-state index is 12.3. The number of benzene rings is 1. The first kappa shape index (κ1) is 17.9. The Morgan fingerprint density at radius 2 is 1.88 bits per heavy atom. The SMILES string of the molecule is CCCOC(=O)/C(C#N)=C1/CC(C)(C)c2cc(OC)c(OC)cc21. The lowest BCUT2D eigenvalue weighted by molar-refractivity contribution is -0.138. The number of esters is 1. The van der Waals surface area contributed by atoms with Crippen molar-refractivity contribution < 1.29 is 19.0 Å². The molecule has 0 aliphatic heterocycles. The van der Waals surface area contributed by atoms with E-state index in [1.54, 1.807) is 14.2 Å². The summed E-state index contributed by atoms with van der Waals surface area (Å²) >= 11 is 0. The van der Waals surface area contributed by atoms with E-state index in [1.165, 1.54) is 0 Å². The second kappa shape index (κ2) is 6.96. The molecule has 0 fully saturated rings. The van der Waals surface area contributed by atoms with E-state index in [0.717, 1.165) is 11.1 Å². The van der Waals surface area contributed by atoms with Gasteiger partial charge in [0.15, 0.2) is 11.5 Å². The molecule has 0 atom stereocenters. The third-order valence-electron chi connectivity index (χ3n) is 4.25. The van der Waals surface area contributed by atoms with Crippen LogP contribution < -0.4 is 9.47 Å². The first-order valence-corrected chi connectivity index (χ1v) is 7.96. The second-order valence-electron chi connectivity index (χ2n) is 6.41. The van der Waals surface area contributed by atoms with Gasteiger partial charge in [-0.3, -0.25) is 0 Å². The number of nitrogens with zero attached hydrogens (tertiary/aromatic N) is 1. The summed E-state index contributed by atoms with van der Waals surface area (Å²) in [4.78, 5) is 12.3. The number of allylic oxidation sites excluding steroid dienone is 1. The molecule has 1 aromatic rings. The molecule has 0 radical (unpaired) electrons. The van der Waals surface area contributed by atoms with Crippen molar-refractivity contribution in [3.05, 3.63) is 28.8 Å². The van der Waals surface area contributed by atoms with Gasteiger partial charge in [-0.25, -0.2) is 4.79 Å². The third kappa shape index (κ3) is 3.09. The number of methoxy groups -OCH3 is 2. The van der Waals surface area contributed by atoms with Crippen LogP contribution in [0.5, 0.6) is 11.5 Å². The summed E-state index contributed by atoms with van der Waals surface area (Å²) in [6.45, 7) is 6.38. The Morgan fingerprint density at radius 1 is 1.25 bits per heavy atom. The molecule has 2 rings (SSSR count). The smallest absolute Gasteiger partial charge is 0.349 e. The Kier molecular flexibility index (Phi) is 5.18. The summed E-state index contributed by atoms with van der Waals surface area (Å²) < 4.78 is 15.9. The van der Waals surface area contributed by atoms with E-state index in [2.05, 4.69) is 13.8 Å². The largest absolute Gasteiger partial charge is 0.493 e. The highest BCUT2D eigenvalue weighted by Crippen LogP contribution is 2.50. The minimum atomic E-state index is -0.562. The quantitative estimate of drug-likeness (QED) is 0.469. The number of hydrogen-bond acceptors (Lipinski definition) is 5. The summed E-state index contributed by atoms with van der Waals surface area (Å²) in [6.07, 6.45) is 1.30. The van der Waals surface area contributed by atoms with Gasteiger partial charge in [-0.1, -0.05) is 20.8 Å². The average Bonchev–Trinajstić information content (AvgIpc) is 2.83. The van der Waals surface area contributed by atoms with Crippen LogP contribution in [-0.2, 0) is 14.9 Å². The molecule has 128 valence electrons. The molecule has 0 heterocycles. The summed E-state index contributed by atoms with van der Waals surface area (Å²) in [5.41, 5.74) is 2.45. The number of fused-ring (bicyclic) bond motifs is 1. The zero-order valence-electron chi connectivity index (χ0n) is 14.9. The van der Waals surface area contributed by atoms with Crippen molar-refractivity contribution in [3.63, 3.8) is 0 Å². The Balaban J connectivity index is 2.63. The van der Waals surface area contributed by atoms with E-state index >= 15 is 0 Å². The highest BCUT2D eigenvalue weighted by atomic mass is 16.5. The van der Waals surface area contributed by atoms with Gasteiger partial charge in [0.1, 0.15) is 11.6 Å². The number of ether oxygens (including phenoxy) is 3. The van der Waals surface area contributed by atoms with E-state index in [0.29, 0.717) is 36.5 Å². The first-order valence-electron chi connectivity index (χ1n) is 7.96. The van der Waals surface area contributed by atoms with Gasteiger partial charge < -0.3 is 14.2 Å². The lowest BCUT2D eigenvalue weighted by atomic mass is 9.86. The predicted octanol–water partition coefficient (Wildman–Crippen LogP) is 3.62. The summed E-state index contributed by atoms with van der Waals surface area (Å²) in [7, 11) is 3.15. The standard InChI is InChI=1S/C19H23NO4/c1-6-7-24-18(21)14(11-20)13-10-19(2,3)15-9-17(23-5)16(22-4)8-12(13)15/h8-9H,6-7,10H2,1-5H3/b14-13-. The van der Waals surface area contributed by atoms with Crippen molar-refractivity contribution in [3.8, 4) is 17.6 Å². The van der Waals surface area contributed by atoms with E-state index in [1.807, 2.05) is 25.1 Å². The van der Waals surface area contributed by atoms with Crippen LogP contribution in [0.25, 0.3) is 5.57 Å². The van der Waals surface area contributed by atoms with E-state index in [-0.39, 0.29) is 11.0 Å². The molecule has 0 spiro atoms. The molecule has 0 aromatic heterocycles. The summed E-state index contributed by atoms with van der Waals surface area (Å²) in [5, 5.41) is 9.51. The van der Waals surface area contributed by atoms with Crippen molar-refractivity contribution in [2.75, 3.05) is 20.8 Å². The monoisotopic (exact) mass is 329 g/mol. The lowest BCUT2D eigenvalue weighted by Crippen LogP contribution is -2.13. The predicted molar refractivity (Wildman–Crippen MR) is 91.0 cm³/mol. The Morgan fingerprint density at radius 3 is 2.42 bits per heavy atom. The molecule has 24 heavy (non-hydrogen) atoms. The minimum absolute atomic E-state index is 0.0718. The van der Waals surface area contributed by atoms with Crippen molar-refractivity contribution in [2.45, 2.75) is 39.0 Å². The van der Waals surface area contributed by atoms with Crippen molar-refractivity contribution >= 4 is 11.5 Å². The van der Waals surface area contributed by atoms with E-state index in [9.17, 15) is 10.1 Å².